The van der Waals surface area contributed by atoms with E-state index in [0.29, 0.717) is 31.2 Å². The van der Waals surface area contributed by atoms with Crippen molar-refractivity contribution in [1.82, 2.24) is 61.3 Å². The molecule has 4 rings (SSSR count). The van der Waals surface area contributed by atoms with Crippen molar-refractivity contribution in [3.8, 4) is 5.75 Å². The number of piperidine rings is 1. The summed E-state index contributed by atoms with van der Waals surface area (Å²) in [7, 11) is 0. The number of nitrogens with one attached hydrogen (secondary N) is 7. The molecule has 0 aliphatic carbocycles. The van der Waals surface area contributed by atoms with E-state index in [1.165, 1.54) is 43.9 Å². The lowest BCUT2D eigenvalue weighted by Crippen LogP contribution is -2.62. The van der Waals surface area contributed by atoms with Crippen LogP contribution in [0.5, 0.6) is 5.75 Å². The highest BCUT2D eigenvalue weighted by Crippen LogP contribution is 2.27. The van der Waals surface area contributed by atoms with Crippen molar-refractivity contribution >= 4 is 89.0 Å². The molecule has 37 heteroatoms. The molecule has 1 aromatic carbocycles. The molecule has 0 bridgehead atoms. The number of unbranched alkanes of at least 4 members (excludes halogenated alkanes) is 1. The van der Waals surface area contributed by atoms with Crippen LogP contribution in [0, 0.1) is 22.7 Å². The van der Waals surface area contributed by atoms with Crippen LogP contribution in [0.3, 0.4) is 0 Å². The van der Waals surface area contributed by atoms with Gasteiger partial charge in [-0.05, 0) is 119 Å². The van der Waals surface area contributed by atoms with Gasteiger partial charge in [0.15, 0.2) is 11.9 Å². The second-order valence-electron chi connectivity index (χ2n) is 27.5. The van der Waals surface area contributed by atoms with Gasteiger partial charge in [-0.25, -0.2) is 4.79 Å². The summed E-state index contributed by atoms with van der Waals surface area (Å²) in [6, 6.07) is -4.79. The van der Waals surface area contributed by atoms with Crippen molar-refractivity contribution in [1.29, 1.82) is 5.41 Å². The zero-order valence-electron chi connectivity index (χ0n) is 58.8. The molecule has 3 aliphatic rings. The van der Waals surface area contributed by atoms with Crippen LogP contribution in [-0.2, 0) is 68.7 Å². The molecule has 21 N–H and O–H groups in total. The Bertz CT molecular complexity index is 3090. The van der Waals surface area contributed by atoms with Gasteiger partial charge in [0.05, 0.1) is 32.7 Å². The molecule has 1 aromatic rings. The topological polar surface area (TPSA) is 575 Å². The smallest absolute Gasteiger partial charge is 0.326 e. The number of aromatic hydroxyl groups is 1. The number of carboxylic acid groups (broad SMARTS) is 5. The molecule has 37 nitrogen and oxygen atoms in total. The molecule has 0 spiro atoms. The summed E-state index contributed by atoms with van der Waals surface area (Å²) in [5, 5.41) is 82.6. The largest absolute Gasteiger partial charge is 0.508 e. The van der Waals surface area contributed by atoms with Gasteiger partial charge in [-0.2, -0.15) is 0 Å². The molecule has 3 saturated heterocycles. The fourth-order valence-corrected chi connectivity index (χ4v) is 12.6. The third-order valence-electron chi connectivity index (χ3n) is 17.8. The maximum Gasteiger partial charge on any atom is 0.326 e. The van der Waals surface area contributed by atoms with E-state index in [9.17, 15) is 83.4 Å². The first-order valence-electron chi connectivity index (χ1n) is 34.3. The minimum Gasteiger partial charge on any atom is -0.508 e. The van der Waals surface area contributed by atoms with Crippen LogP contribution in [0.15, 0.2) is 29.3 Å². The maximum atomic E-state index is 15.2. The first-order valence-corrected chi connectivity index (χ1v) is 34.3. The van der Waals surface area contributed by atoms with Crippen molar-refractivity contribution in [2.45, 2.75) is 166 Å². The number of phenols is 1. The average molecular weight is 1440 g/mol. The normalized spacial score (nSPS) is 17.4. The Balaban J connectivity index is 1.64. The van der Waals surface area contributed by atoms with E-state index in [0.717, 1.165) is 4.90 Å². The first-order chi connectivity index (χ1) is 48.0. The van der Waals surface area contributed by atoms with Gasteiger partial charge < -0.3 is 100 Å². The Hall–Kier alpha value is -9.49. The standard InChI is InChI=1S/C65H106N18O19/c1-38(2)31-45(62(101)102)75-59(98)54(65(3,4)5)77-55(94)44(32-39-15-17-41(84)18-16-39)74-56(95)46-13-9-23-82(46)61(100)43(12-8-22-71-63(67)68)73-58(97)53(40-19-25-81(26-20-40)64(69)70)76-57(96)47-14-10-24-83(47)60(99)42(11-6-7-21-66)72-48(85)33-79(35-50(88)89)29-27-78(34-49(86)87)28-30-80(36-51(90)91)37-52(92)93/h15-18,38,40,42-47,53-54,84H,6-14,19-37,66H2,1-5H3,(H3,69,70)(H,72,85)(H,73,97)(H,74,95)(H,75,98)(H,76,96)(H,77,94)(H,86,87)(H,88,89)(H,90,91)(H,92,93)(H,101,102)(H4,67,68,71)/t42-,43+,44+,45+,46+,47?,53+,54-/m1/s1. The number of amides is 8. The number of carbonyl (C=O) groups excluding carboxylic acids is 8. The maximum absolute atomic E-state index is 15.2. The number of likely N-dealkylation sites (tertiary alicyclic amines) is 3. The molecule has 8 atom stereocenters. The number of hydrogen-bond donors (Lipinski definition) is 17. The van der Waals surface area contributed by atoms with Crippen molar-refractivity contribution in [3.05, 3.63) is 29.8 Å². The molecule has 3 aliphatic heterocycles. The van der Waals surface area contributed by atoms with Gasteiger partial charge in [-0.3, -0.25) is 82.6 Å². The number of benzene rings is 1. The number of carbonyl (C=O) groups is 13. The summed E-state index contributed by atoms with van der Waals surface area (Å²) in [6.45, 7) is 5.14. The van der Waals surface area contributed by atoms with E-state index in [1.54, 1.807) is 39.5 Å². The van der Waals surface area contributed by atoms with Gasteiger partial charge in [0.25, 0.3) is 0 Å². The number of nitrogens with zero attached hydrogens (tertiary/aromatic N) is 7. The fraction of sp³-hybridized carbons (Fsp3) is 0.677. The quantitative estimate of drug-likeness (QED) is 0.0168. The number of aliphatic carboxylic acids is 5. The third-order valence-corrected chi connectivity index (χ3v) is 17.8. The van der Waals surface area contributed by atoms with Crippen molar-refractivity contribution in [2.75, 3.05) is 98.2 Å². The van der Waals surface area contributed by atoms with Crippen LogP contribution in [0.1, 0.15) is 117 Å². The molecular weight excluding hydrogens is 1340 g/mol. The van der Waals surface area contributed by atoms with Crippen molar-refractivity contribution in [2.24, 2.45) is 45.2 Å². The van der Waals surface area contributed by atoms with Gasteiger partial charge in [0.2, 0.25) is 47.3 Å². The first kappa shape index (κ1) is 84.9. The summed E-state index contributed by atoms with van der Waals surface area (Å²) in [5.41, 5.74) is 22.4. The summed E-state index contributed by atoms with van der Waals surface area (Å²) < 4.78 is 0. The Morgan fingerprint density at radius 3 is 1.54 bits per heavy atom. The monoisotopic (exact) mass is 1440 g/mol. The van der Waals surface area contributed by atoms with Crippen LogP contribution in [-0.4, -0.2) is 296 Å². The Morgan fingerprint density at radius 1 is 0.578 bits per heavy atom. The van der Waals surface area contributed by atoms with Gasteiger partial charge in [0.1, 0.15) is 54.1 Å². The highest BCUT2D eigenvalue weighted by molar-refractivity contribution is 5.99. The minimum atomic E-state index is -1.42. The van der Waals surface area contributed by atoms with Crippen molar-refractivity contribution < 1.29 is 93.0 Å². The number of aliphatic imine (C=N–C) groups is 1. The molecule has 3 heterocycles. The van der Waals surface area contributed by atoms with Crippen LogP contribution >= 0.6 is 0 Å². The SMILES string of the molecule is CC(C)C[C@H](NC(=O)[C@@H](NC(=O)[C@H](Cc1ccc(O)cc1)NC(=O)[C@@H]1CCCN1C(=O)[C@H](CCCN=C(N)N)NC(=O)[C@@H](NC(=O)C1CCCN1C(=O)[C@@H](CCCCN)NC(=O)CN(CCN(CCN(CC(=O)O)CC(=O)O)CC(=O)O)CC(=O)O)C1CCN(C(=N)N)CC1)C(C)(C)C)C(=O)O. The molecule has 1 unspecified atom stereocenters. The highest BCUT2D eigenvalue weighted by Gasteiger charge is 2.45. The molecule has 3 fully saturated rings. The second-order valence-corrected chi connectivity index (χ2v) is 27.5. The van der Waals surface area contributed by atoms with E-state index < -0.39 is 169 Å². The van der Waals surface area contributed by atoms with E-state index >= 15 is 9.59 Å². The molecule has 8 amide bonds. The minimum absolute atomic E-state index is 0.00424. The predicted octanol–water partition coefficient (Wildman–Crippen LogP) is -3.97. The van der Waals surface area contributed by atoms with Crippen LogP contribution in [0.25, 0.3) is 0 Å². The molecule has 0 radical (unpaired) electrons. The lowest BCUT2D eigenvalue weighted by molar-refractivity contribution is -0.144. The highest BCUT2D eigenvalue weighted by atomic mass is 16.4. The Morgan fingerprint density at radius 2 is 1.06 bits per heavy atom. The lowest BCUT2D eigenvalue weighted by atomic mass is 9.85. The number of carboxylic acids is 5. The van der Waals surface area contributed by atoms with Crippen molar-refractivity contribution in [3.63, 3.8) is 0 Å². The molecule has 0 aromatic heterocycles. The number of hydrogen-bond acceptors (Lipinski definition) is 20. The van der Waals surface area contributed by atoms with Crippen LogP contribution in [0.2, 0.25) is 0 Å². The molecular formula is C65H106N18O19. The molecule has 570 valence electrons. The third kappa shape index (κ3) is 28.9. The fourth-order valence-electron chi connectivity index (χ4n) is 12.6. The molecule has 0 saturated carbocycles. The van der Waals surface area contributed by atoms with E-state index in [4.69, 9.17) is 28.3 Å². The summed E-state index contributed by atoms with van der Waals surface area (Å²) in [5.74, 6) is -14.2. The van der Waals surface area contributed by atoms with Gasteiger partial charge in [-0.15, -0.1) is 0 Å². The summed E-state index contributed by atoms with van der Waals surface area (Å²) in [4.78, 5) is 188. The van der Waals surface area contributed by atoms with Gasteiger partial charge in [-0.1, -0.05) is 46.8 Å². The summed E-state index contributed by atoms with van der Waals surface area (Å²) >= 11 is 0. The van der Waals surface area contributed by atoms with Gasteiger partial charge >= 0.3 is 29.8 Å². The zero-order valence-corrected chi connectivity index (χ0v) is 58.8. The van der Waals surface area contributed by atoms with E-state index in [-0.39, 0.29) is 147 Å². The summed E-state index contributed by atoms with van der Waals surface area (Å²) in [6.07, 6.45) is 1.84. The molecule has 102 heavy (non-hydrogen) atoms. The average Bonchev–Trinajstić information content (AvgIpc) is 1.53. The zero-order chi connectivity index (χ0) is 76.1. The van der Waals surface area contributed by atoms with E-state index in [2.05, 4.69) is 36.9 Å². The number of rotatable bonds is 43. The van der Waals surface area contributed by atoms with E-state index in [1.807, 2.05) is 0 Å². The number of phenolic OH excluding ortho intramolecular Hbond substituents is 1. The number of guanidine groups is 2. The van der Waals surface area contributed by atoms with Crippen LogP contribution < -0.4 is 54.8 Å². The predicted molar refractivity (Wildman–Crippen MR) is 368 cm³/mol. The Labute approximate surface area is 592 Å². The Kier molecular flexibility index (Phi) is 34.5. The number of nitrogens with two attached hydrogens (primary N) is 4. The van der Waals surface area contributed by atoms with Crippen LogP contribution in [0.4, 0.5) is 0 Å². The van der Waals surface area contributed by atoms with Gasteiger partial charge in [0, 0.05) is 65.3 Å². The second kappa shape index (κ2) is 41.4. The lowest BCUT2D eigenvalue weighted by Gasteiger charge is -2.37.